The summed E-state index contributed by atoms with van der Waals surface area (Å²) in [5.41, 5.74) is 5.93. The van der Waals surface area contributed by atoms with E-state index in [0.29, 0.717) is 12.8 Å². The van der Waals surface area contributed by atoms with Crippen LogP contribution in [0.15, 0.2) is 18.2 Å². The lowest BCUT2D eigenvalue weighted by Gasteiger charge is -2.34. The largest absolute Gasteiger partial charge is 0.497 e. The van der Waals surface area contributed by atoms with Gasteiger partial charge in [0.15, 0.2) is 0 Å². The third-order valence-electron chi connectivity index (χ3n) is 4.18. The first-order valence-electron chi connectivity index (χ1n) is 6.74. The fourth-order valence-electron chi connectivity index (χ4n) is 2.81. The van der Waals surface area contributed by atoms with E-state index in [1.165, 1.54) is 0 Å². The first-order chi connectivity index (χ1) is 9.50. The lowest BCUT2D eigenvalue weighted by atomic mass is 9.74. The molecule has 1 saturated carbocycles. The van der Waals surface area contributed by atoms with Gasteiger partial charge in [-0.1, -0.05) is 6.07 Å². The topological polar surface area (TPSA) is 81.8 Å². The number of aliphatic carboxylic acids is 1. The molecule has 0 bridgehead atoms. The van der Waals surface area contributed by atoms with Gasteiger partial charge in [0.25, 0.3) is 0 Å². The second kappa shape index (κ2) is 5.71. The van der Waals surface area contributed by atoms with Crippen molar-refractivity contribution in [1.29, 1.82) is 0 Å². The molecule has 1 aromatic rings. The van der Waals surface area contributed by atoms with Gasteiger partial charge < -0.3 is 20.3 Å². The molecule has 0 aromatic heterocycles. The molecule has 1 aliphatic rings. The molecule has 1 aliphatic carbocycles. The van der Waals surface area contributed by atoms with Gasteiger partial charge in [-0.25, -0.2) is 0 Å². The monoisotopic (exact) mass is 279 g/mol. The zero-order valence-corrected chi connectivity index (χ0v) is 11.9. The molecule has 5 heteroatoms. The summed E-state index contributed by atoms with van der Waals surface area (Å²) in [6.45, 7) is 0. The Kier molecular flexibility index (Phi) is 4.18. The molecule has 0 radical (unpaired) electrons. The number of carboxylic acids is 1. The molecule has 0 heterocycles. The van der Waals surface area contributed by atoms with Crippen molar-refractivity contribution in [3.63, 3.8) is 0 Å². The van der Waals surface area contributed by atoms with E-state index in [2.05, 4.69) is 0 Å². The summed E-state index contributed by atoms with van der Waals surface area (Å²) < 4.78 is 10.6. The Morgan fingerprint density at radius 3 is 2.45 bits per heavy atom. The minimum Gasteiger partial charge on any atom is -0.497 e. The maximum absolute atomic E-state index is 11.2. The molecule has 0 spiro atoms. The van der Waals surface area contributed by atoms with Crippen LogP contribution in [0.2, 0.25) is 0 Å². The number of hydrogen-bond acceptors (Lipinski definition) is 4. The van der Waals surface area contributed by atoms with Gasteiger partial charge in [0.1, 0.15) is 17.0 Å². The van der Waals surface area contributed by atoms with Crippen LogP contribution in [-0.2, 0) is 4.79 Å². The van der Waals surface area contributed by atoms with Crippen LogP contribution in [0.3, 0.4) is 0 Å². The first kappa shape index (κ1) is 14.7. The van der Waals surface area contributed by atoms with E-state index in [4.69, 9.17) is 20.3 Å². The highest BCUT2D eigenvalue weighted by molar-refractivity contribution is 5.78. The minimum absolute atomic E-state index is 0.284. The van der Waals surface area contributed by atoms with Gasteiger partial charge in [-0.05, 0) is 43.2 Å². The standard InChI is InChI=1S/C15H21NO4/c1-19-11-3-4-12(13(9-11)20-2)10-5-7-15(16,8-6-10)14(17)18/h3-4,9-10H,5-8,16H2,1-2H3,(H,17,18). The lowest BCUT2D eigenvalue weighted by molar-refractivity contribution is -0.144. The fraction of sp³-hybridized carbons (Fsp3) is 0.533. The van der Waals surface area contributed by atoms with Crippen molar-refractivity contribution in [3.05, 3.63) is 23.8 Å². The molecule has 2 rings (SSSR count). The Hall–Kier alpha value is -1.75. The van der Waals surface area contributed by atoms with Crippen molar-refractivity contribution in [2.75, 3.05) is 14.2 Å². The van der Waals surface area contributed by atoms with Crippen molar-refractivity contribution in [2.45, 2.75) is 37.1 Å². The van der Waals surface area contributed by atoms with Crippen LogP contribution in [0, 0.1) is 0 Å². The van der Waals surface area contributed by atoms with Crippen LogP contribution in [0.1, 0.15) is 37.2 Å². The van der Waals surface area contributed by atoms with E-state index < -0.39 is 11.5 Å². The Morgan fingerprint density at radius 1 is 1.30 bits per heavy atom. The number of benzene rings is 1. The fourth-order valence-corrected chi connectivity index (χ4v) is 2.81. The second-order valence-corrected chi connectivity index (χ2v) is 5.34. The molecular weight excluding hydrogens is 258 g/mol. The maximum atomic E-state index is 11.2. The van der Waals surface area contributed by atoms with Crippen LogP contribution in [0.5, 0.6) is 11.5 Å². The van der Waals surface area contributed by atoms with E-state index >= 15 is 0 Å². The van der Waals surface area contributed by atoms with E-state index in [-0.39, 0.29) is 5.92 Å². The average molecular weight is 279 g/mol. The van der Waals surface area contributed by atoms with Gasteiger partial charge in [0, 0.05) is 6.07 Å². The van der Waals surface area contributed by atoms with Crippen molar-refractivity contribution in [1.82, 2.24) is 0 Å². The number of ether oxygens (including phenoxy) is 2. The van der Waals surface area contributed by atoms with E-state index in [1.807, 2.05) is 18.2 Å². The second-order valence-electron chi connectivity index (χ2n) is 5.34. The quantitative estimate of drug-likeness (QED) is 0.882. The summed E-state index contributed by atoms with van der Waals surface area (Å²) in [5.74, 6) is 0.916. The normalized spacial score (nSPS) is 26.1. The highest BCUT2D eigenvalue weighted by atomic mass is 16.5. The maximum Gasteiger partial charge on any atom is 0.323 e. The zero-order valence-electron chi connectivity index (χ0n) is 11.9. The van der Waals surface area contributed by atoms with Gasteiger partial charge in [-0.3, -0.25) is 4.79 Å². The smallest absolute Gasteiger partial charge is 0.323 e. The molecule has 0 unspecified atom stereocenters. The predicted molar refractivity (Wildman–Crippen MR) is 75.3 cm³/mol. The van der Waals surface area contributed by atoms with Gasteiger partial charge in [0.05, 0.1) is 14.2 Å². The van der Waals surface area contributed by atoms with Crippen molar-refractivity contribution in [3.8, 4) is 11.5 Å². The number of methoxy groups -OCH3 is 2. The van der Waals surface area contributed by atoms with Crippen molar-refractivity contribution in [2.24, 2.45) is 5.73 Å². The number of carboxylic acid groups (broad SMARTS) is 1. The number of hydrogen-bond donors (Lipinski definition) is 2. The van der Waals surface area contributed by atoms with Crippen molar-refractivity contribution >= 4 is 5.97 Å². The lowest BCUT2D eigenvalue weighted by Crippen LogP contribution is -2.50. The summed E-state index contributed by atoms with van der Waals surface area (Å²) in [7, 11) is 3.25. The molecule has 1 aromatic carbocycles. The Bertz CT molecular complexity index is 493. The molecule has 20 heavy (non-hydrogen) atoms. The summed E-state index contributed by atoms with van der Waals surface area (Å²) in [4.78, 5) is 11.2. The van der Waals surface area contributed by atoms with Crippen LogP contribution >= 0.6 is 0 Å². The Balaban J connectivity index is 2.16. The number of nitrogens with two attached hydrogens (primary N) is 1. The summed E-state index contributed by atoms with van der Waals surface area (Å²) in [6, 6.07) is 5.75. The highest BCUT2D eigenvalue weighted by Gasteiger charge is 2.39. The SMILES string of the molecule is COc1ccc(C2CCC(N)(C(=O)O)CC2)c(OC)c1. The summed E-state index contributed by atoms with van der Waals surface area (Å²) in [6.07, 6.45) is 2.49. The zero-order chi connectivity index (χ0) is 14.8. The van der Waals surface area contributed by atoms with Crippen LogP contribution < -0.4 is 15.2 Å². The van der Waals surface area contributed by atoms with E-state index in [1.54, 1.807) is 14.2 Å². The third-order valence-corrected chi connectivity index (χ3v) is 4.18. The molecule has 0 atom stereocenters. The van der Waals surface area contributed by atoms with Crippen molar-refractivity contribution < 1.29 is 19.4 Å². The van der Waals surface area contributed by atoms with Gasteiger partial charge in [-0.2, -0.15) is 0 Å². The molecule has 0 amide bonds. The average Bonchev–Trinajstić information content (AvgIpc) is 2.47. The minimum atomic E-state index is -1.07. The molecule has 0 aliphatic heterocycles. The number of carbonyl (C=O) groups is 1. The third kappa shape index (κ3) is 2.72. The molecular formula is C15H21NO4. The van der Waals surface area contributed by atoms with Gasteiger partial charge in [-0.15, -0.1) is 0 Å². The Labute approximate surface area is 118 Å². The molecule has 5 nitrogen and oxygen atoms in total. The molecule has 110 valence electrons. The summed E-state index contributed by atoms with van der Waals surface area (Å²) >= 11 is 0. The summed E-state index contributed by atoms with van der Waals surface area (Å²) in [5, 5.41) is 9.16. The first-order valence-corrected chi connectivity index (χ1v) is 6.74. The highest BCUT2D eigenvalue weighted by Crippen LogP contribution is 2.41. The van der Waals surface area contributed by atoms with Gasteiger partial charge in [0.2, 0.25) is 0 Å². The Morgan fingerprint density at radius 2 is 1.95 bits per heavy atom. The predicted octanol–water partition coefficient (Wildman–Crippen LogP) is 2.14. The van der Waals surface area contributed by atoms with Gasteiger partial charge >= 0.3 is 5.97 Å². The molecule has 0 saturated heterocycles. The van der Waals surface area contributed by atoms with E-state index in [0.717, 1.165) is 29.9 Å². The molecule has 3 N–H and O–H groups in total. The van der Waals surface area contributed by atoms with E-state index in [9.17, 15) is 4.79 Å². The number of rotatable bonds is 4. The van der Waals surface area contributed by atoms with Crippen LogP contribution in [0.4, 0.5) is 0 Å². The van der Waals surface area contributed by atoms with Crippen LogP contribution in [-0.4, -0.2) is 30.8 Å². The van der Waals surface area contributed by atoms with Crippen LogP contribution in [0.25, 0.3) is 0 Å². The molecule has 1 fully saturated rings.